The smallest absolute Gasteiger partial charge is 0.143 e. The van der Waals surface area contributed by atoms with Crippen LogP contribution < -0.4 is 5.32 Å². The molecule has 3 rings (SSSR count). The summed E-state index contributed by atoms with van der Waals surface area (Å²) >= 11 is 0. The average molecular weight is 280 g/mol. The first-order valence-corrected chi connectivity index (χ1v) is 7.30. The Kier molecular flexibility index (Phi) is 3.87. The Morgan fingerprint density at radius 3 is 2.90 bits per heavy atom. The van der Waals surface area contributed by atoms with E-state index in [2.05, 4.69) is 29.6 Å². The van der Waals surface area contributed by atoms with Gasteiger partial charge >= 0.3 is 0 Å². The molecule has 106 valence electrons. The fourth-order valence-electron chi connectivity index (χ4n) is 3.08. The molecule has 0 saturated heterocycles. The maximum Gasteiger partial charge on any atom is 0.143 e. The third kappa shape index (κ3) is 2.75. The quantitative estimate of drug-likeness (QED) is 0.913. The Labute approximate surface area is 124 Å². The van der Waals surface area contributed by atoms with Crippen LogP contribution in [-0.2, 0) is 6.42 Å². The van der Waals surface area contributed by atoms with Crippen molar-refractivity contribution in [3.05, 3.63) is 65.0 Å². The van der Waals surface area contributed by atoms with Gasteiger partial charge in [0.25, 0.3) is 0 Å². The van der Waals surface area contributed by atoms with Gasteiger partial charge in [0.05, 0.1) is 5.69 Å². The number of nitrogens with zero attached hydrogens (tertiary/aromatic N) is 1. The van der Waals surface area contributed by atoms with E-state index in [1.54, 1.807) is 12.1 Å². The van der Waals surface area contributed by atoms with Crippen LogP contribution in [-0.4, -0.2) is 6.54 Å². The molecule has 0 saturated carbocycles. The molecule has 1 aliphatic carbocycles. The van der Waals surface area contributed by atoms with E-state index in [9.17, 15) is 4.39 Å². The van der Waals surface area contributed by atoms with Crippen molar-refractivity contribution in [2.75, 3.05) is 11.9 Å². The van der Waals surface area contributed by atoms with Crippen LogP contribution in [0.2, 0.25) is 0 Å². The van der Waals surface area contributed by atoms with E-state index in [0.717, 1.165) is 19.4 Å². The van der Waals surface area contributed by atoms with Crippen LogP contribution in [0.5, 0.6) is 0 Å². The Morgan fingerprint density at radius 1 is 1.19 bits per heavy atom. The number of fused-ring (bicyclic) bond motifs is 1. The molecular weight excluding hydrogens is 263 g/mol. The number of rotatable bonds is 3. The van der Waals surface area contributed by atoms with Gasteiger partial charge in [-0.25, -0.2) is 4.39 Å². The Balaban J connectivity index is 1.78. The summed E-state index contributed by atoms with van der Waals surface area (Å²) in [5, 5.41) is 12.3. The largest absolute Gasteiger partial charge is 0.383 e. The first kappa shape index (κ1) is 13.6. The van der Waals surface area contributed by atoms with Crippen molar-refractivity contribution in [3.8, 4) is 6.07 Å². The van der Waals surface area contributed by atoms with Crippen molar-refractivity contribution in [3.63, 3.8) is 0 Å². The average Bonchev–Trinajstić information content (AvgIpc) is 2.53. The van der Waals surface area contributed by atoms with E-state index >= 15 is 0 Å². The number of hydrogen-bond acceptors (Lipinski definition) is 2. The predicted octanol–water partition coefficient (Wildman–Crippen LogP) is 4.23. The van der Waals surface area contributed by atoms with E-state index in [-0.39, 0.29) is 5.56 Å². The first-order chi connectivity index (χ1) is 10.3. The highest BCUT2D eigenvalue weighted by atomic mass is 19.1. The molecule has 0 amide bonds. The lowest BCUT2D eigenvalue weighted by atomic mass is 9.83. The van der Waals surface area contributed by atoms with Gasteiger partial charge in [0.15, 0.2) is 0 Å². The van der Waals surface area contributed by atoms with Crippen LogP contribution in [0.15, 0.2) is 42.5 Å². The zero-order chi connectivity index (χ0) is 14.7. The summed E-state index contributed by atoms with van der Waals surface area (Å²) in [6.45, 7) is 0.731. The summed E-state index contributed by atoms with van der Waals surface area (Å²) in [5.41, 5.74) is 3.48. The SMILES string of the molecule is N#Cc1c(F)cccc1NCC1CCCc2ccccc21. The second-order valence-corrected chi connectivity index (χ2v) is 5.44. The number of nitrogens with one attached hydrogen (secondary N) is 1. The number of hydrogen-bond donors (Lipinski definition) is 1. The van der Waals surface area contributed by atoms with Gasteiger partial charge in [-0.2, -0.15) is 5.26 Å². The molecule has 2 nitrogen and oxygen atoms in total. The monoisotopic (exact) mass is 280 g/mol. The minimum Gasteiger partial charge on any atom is -0.383 e. The highest BCUT2D eigenvalue weighted by Gasteiger charge is 2.20. The van der Waals surface area contributed by atoms with E-state index in [4.69, 9.17) is 5.26 Å². The van der Waals surface area contributed by atoms with Gasteiger partial charge in [-0.05, 0) is 42.5 Å². The van der Waals surface area contributed by atoms with Crippen molar-refractivity contribution in [1.82, 2.24) is 0 Å². The van der Waals surface area contributed by atoms with Gasteiger partial charge in [0.2, 0.25) is 0 Å². The molecule has 1 unspecified atom stereocenters. The van der Waals surface area contributed by atoms with Gasteiger partial charge in [0, 0.05) is 12.5 Å². The number of halogens is 1. The molecule has 1 atom stereocenters. The molecule has 3 heteroatoms. The molecule has 0 fully saturated rings. The molecule has 2 aromatic carbocycles. The highest BCUT2D eigenvalue weighted by molar-refractivity contribution is 5.58. The van der Waals surface area contributed by atoms with E-state index in [1.165, 1.54) is 23.6 Å². The molecule has 1 N–H and O–H groups in total. The van der Waals surface area contributed by atoms with Crippen LogP contribution >= 0.6 is 0 Å². The summed E-state index contributed by atoms with van der Waals surface area (Å²) in [5.74, 6) is -0.0451. The fourth-order valence-corrected chi connectivity index (χ4v) is 3.08. The van der Waals surface area contributed by atoms with Gasteiger partial charge in [0.1, 0.15) is 17.4 Å². The van der Waals surface area contributed by atoms with Crippen LogP contribution in [0.4, 0.5) is 10.1 Å². The van der Waals surface area contributed by atoms with Crippen molar-refractivity contribution in [1.29, 1.82) is 5.26 Å². The summed E-state index contributed by atoms with van der Waals surface area (Å²) in [4.78, 5) is 0. The molecule has 0 radical (unpaired) electrons. The van der Waals surface area contributed by atoms with Crippen molar-refractivity contribution in [2.45, 2.75) is 25.2 Å². The van der Waals surface area contributed by atoms with Crippen molar-refractivity contribution < 1.29 is 4.39 Å². The molecule has 2 aromatic rings. The lowest BCUT2D eigenvalue weighted by molar-refractivity contribution is 0.571. The minimum absolute atomic E-state index is 0.0987. The summed E-state index contributed by atoms with van der Waals surface area (Å²) in [6, 6.07) is 15.2. The normalized spacial score (nSPS) is 16.9. The van der Waals surface area contributed by atoms with Gasteiger partial charge in [-0.1, -0.05) is 30.3 Å². The third-order valence-corrected chi connectivity index (χ3v) is 4.16. The molecule has 0 aromatic heterocycles. The number of nitriles is 1. The maximum absolute atomic E-state index is 13.6. The van der Waals surface area contributed by atoms with Crippen molar-refractivity contribution >= 4 is 5.69 Å². The summed E-state index contributed by atoms with van der Waals surface area (Å²) in [7, 11) is 0. The Bertz CT molecular complexity index is 688. The molecule has 0 heterocycles. The van der Waals surface area contributed by atoms with Gasteiger partial charge in [-0.15, -0.1) is 0 Å². The first-order valence-electron chi connectivity index (χ1n) is 7.30. The van der Waals surface area contributed by atoms with Gasteiger partial charge in [-0.3, -0.25) is 0 Å². The number of anilines is 1. The minimum atomic E-state index is -0.466. The molecule has 21 heavy (non-hydrogen) atoms. The van der Waals surface area contributed by atoms with E-state index in [0.29, 0.717) is 11.6 Å². The van der Waals surface area contributed by atoms with Crippen molar-refractivity contribution in [2.24, 2.45) is 0 Å². The second-order valence-electron chi connectivity index (χ2n) is 5.44. The number of benzene rings is 2. The Morgan fingerprint density at radius 2 is 2.05 bits per heavy atom. The lowest BCUT2D eigenvalue weighted by Crippen LogP contribution is -2.18. The lowest BCUT2D eigenvalue weighted by Gasteiger charge is -2.26. The van der Waals surface area contributed by atoms with E-state index < -0.39 is 5.82 Å². The maximum atomic E-state index is 13.6. The van der Waals surface area contributed by atoms with Crippen LogP contribution in [0.1, 0.15) is 35.4 Å². The van der Waals surface area contributed by atoms with Gasteiger partial charge < -0.3 is 5.32 Å². The molecule has 0 aliphatic heterocycles. The zero-order valence-corrected chi connectivity index (χ0v) is 11.8. The standard InChI is InChI=1S/C18H17FN2/c19-17-9-4-10-18(16(17)11-20)21-12-14-7-3-6-13-5-1-2-8-15(13)14/h1-2,4-5,8-10,14,21H,3,6-7,12H2. The topological polar surface area (TPSA) is 35.8 Å². The fraction of sp³-hybridized carbons (Fsp3) is 0.278. The van der Waals surface area contributed by atoms with E-state index in [1.807, 2.05) is 6.07 Å². The summed E-state index contributed by atoms with van der Waals surface area (Å²) in [6.07, 6.45) is 3.44. The van der Waals surface area contributed by atoms with Crippen LogP contribution in [0, 0.1) is 17.1 Å². The molecule has 0 bridgehead atoms. The third-order valence-electron chi connectivity index (χ3n) is 4.16. The molecular formula is C18H17FN2. The number of aryl methyl sites for hydroxylation is 1. The second kappa shape index (κ2) is 5.97. The zero-order valence-electron chi connectivity index (χ0n) is 11.8. The molecule has 1 aliphatic rings. The van der Waals surface area contributed by atoms with Crippen LogP contribution in [0.25, 0.3) is 0 Å². The van der Waals surface area contributed by atoms with Crippen LogP contribution in [0.3, 0.4) is 0 Å². The molecule has 0 spiro atoms. The predicted molar refractivity (Wildman–Crippen MR) is 81.7 cm³/mol. The summed E-state index contributed by atoms with van der Waals surface area (Å²) < 4.78 is 13.6. The highest BCUT2D eigenvalue weighted by Crippen LogP contribution is 2.32. The Hall–Kier alpha value is -2.34.